The smallest absolute Gasteiger partial charge is 0.312 e. The molecule has 0 spiro atoms. The van der Waals surface area contributed by atoms with E-state index in [9.17, 15) is 27.6 Å². The molecule has 0 N–H and O–H groups in total. The highest BCUT2D eigenvalue weighted by atomic mass is 35.5. The minimum atomic E-state index is -4.69. The molecule has 0 bridgehead atoms. The Kier molecular flexibility index (Phi) is 4.33. The van der Waals surface area contributed by atoms with Gasteiger partial charge in [0.1, 0.15) is 5.02 Å². The van der Waals surface area contributed by atoms with Gasteiger partial charge in [-0.05, 0) is 42.2 Å². The van der Waals surface area contributed by atoms with Crippen molar-refractivity contribution in [2.75, 3.05) is 11.4 Å². The fourth-order valence-electron chi connectivity index (χ4n) is 3.76. The Labute approximate surface area is 162 Å². The van der Waals surface area contributed by atoms with E-state index < -0.39 is 34.6 Å². The average Bonchev–Trinajstić information content (AvgIpc) is 2.95. The van der Waals surface area contributed by atoms with Gasteiger partial charge in [-0.2, -0.15) is 13.2 Å². The van der Waals surface area contributed by atoms with Crippen molar-refractivity contribution < 1.29 is 22.8 Å². The van der Waals surface area contributed by atoms with Gasteiger partial charge in [-0.3, -0.25) is 14.4 Å². The number of carbonyl (C=O) groups excluding carboxylic acids is 2. The van der Waals surface area contributed by atoms with Crippen LogP contribution in [0, 0.1) is 0 Å². The third-order valence-corrected chi connectivity index (χ3v) is 5.28. The predicted molar refractivity (Wildman–Crippen MR) is 95.9 cm³/mol. The summed E-state index contributed by atoms with van der Waals surface area (Å²) in [7, 11) is 0. The van der Waals surface area contributed by atoms with Crippen molar-refractivity contribution in [2.45, 2.75) is 32.0 Å². The predicted octanol–water partition coefficient (Wildman–Crippen LogP) is 3.24. The van der Waals surface area contributed by atoms with Crippen molar-refractivity contribution >= 4 is 29.0 Å². The Hall–Kier alpha value is -2.61. The highest BCUT2D eigenvalue weighted by Crippen LogP contribution is 2.37. The number of amides is 1. The van der Waals surface area contributed by atoms with Crippen LogP contribution in [0.25, 0.3) is 0 Å². The first kappa shape index (κ1) is 18.7. The quantitative estimate of drug-likeness (QED) is 0.730. The van der Waals surface area contributed by atoms with Crippen molar-refractivity contribution in [3.05, 3.63) is 62.0 Å². The second kappa shape index (κ2) is 6.48. The van der Waals surface area contributed by atoms with Crippen molar-refractivity contribution in [1.82, 2.24) is 4.57 Å². The lowest BCUT2D eigenvalue weighted by Crippen LogP contribution is -2.31. The molecule has 0 saturated heterocycles. The largest absolute Gasteiger partial charge is 0.417 e. The lowest BCUT2D eigenvalue weighted by Gasteiger charge is -2.25. The van der Waals surface area contributed by atoms with Gasteiger partial charge < -0.3 is 9.47 Å². The Bertz CT molecular complexity index is 1080. The average molecular weight is 411 g/mol. The summed E-state index contributed by atoms with van der Waals surface area (Å²) in [5, 5.41) is -0.604. The molecule has 2 aromatic rings. The van der Waals surface area contributed by atoms with E-state index in [0.717, 1.165) is 23.2 Å². The van der Waals surface area contributed by atoms with E-state index in [1.165, 1.54) is 0 Å². The van der Waals surface area contributed by atoms with E-state index >= 15 is 0 Å². The molecule has 0 atom stereocenters. The van der Waals surface area contributed by atoms with E-state index in [2.05, 4.69) is 0 Å². The van der Waals surface area contributed by atoms with Gasteiger partial charge in [0, 0.05) is 18.3 Å². The van der Waals surface area contributed by atoms with Crippen LogP contribution in [0.5, 0.6) is 0 Å². The molecule has 0 saturated carbocycles. The Morgan fingerprint density at radius 2 is 1.86 bits per heavy atom. The third-order valence-electron chi connectivity index (χ3n) is 5.01. The number of hydrogen-bond acceptors (Lipinski definition) is 3. The van der Waals surface area contributed by atoms with E-state index in [1.807, 2.05) is 0 Å². The van der Waals surface area contributed by atoms with Gasteiger partial charge in [0.2, 0.25) is 5.91 Å². The maximum absolute atomic E-state index is 13.0. The van der Waals surface area contributed by atoms with Crippen LogP contribution >= 0.6 is 11.6 Å². The summed E-state index contributed by atoms with van der Waals surface area (Å²) in [6.07, 6.45) is -2.42. The van der Waals surface area contributed by atoms with E-state index in [-0.39, 0.29) is 17.9 Å². The zero-order chi connectivity index (χ0) is 20.2. The van der Waals surface area contributed by atoms with Crippen LogP contribution in [-0.2, 0) is 30.4 Å². The molecular weight excluding hydrogens is 397 g/mol. The van der Waals surface area contributed by atoms with Crippen LogP contribution in [-0.4, -0.2) is 22.8 Å². The molecule has 3 heterocycles. The summed E-state index contributed by atoms with van der Waals surface area (Å²) in [5.74, 6) is -0.547. The van der Waals surface area contributed by atoms with Crippen molar-refractivity contribution in [3.63, 3.8) is 0 Å². The Morgan fingerprint density at radius 1 is 1.14 bits per heavy atom. The second-order valence-electron chi connectivity index (χ2n) is 6.90. The molecule has 0 aliphatic carbocycles. The first-order valence-electron chi connectivity index (χ1n) is 8.61. The van der Waals surface area contributed by atoms with E-state index in [1.54, 1.807) is 17.0 Å². The molecule has 146 valence electrons. The van der Waals surface area contributed by atoms with Crippen molar-refractivity contribution in [1.29, 1.82) is 0 Å². The number of anilines is 1. The van der Waals surface area contributed by atoms with Crippen LogP contribution in [0.2, 0.25) is 5.02 Å². The molecule has 1 aromatic heterocycles. The summed E-state index contributed by atoms with van der Waals surface area (Å²) in [6, 6.07) is 3.79. The Morgan fingerprint density at radius 3 is 2.57 bits per heavy atom. The van der Waals surface area contributed by atoms with Crippen LogP contribution in [0.15, 0.2) is 29.2 Å². The van der Waals surface area contributed by atoms with Crippen molar-refractivity contribution in [3.8, 4) is 0 Å². The topological polar surface area (TPSA) is 59.4 Å². The van der Waals surface area contributed by atoms with Gasteiger partial charge in [0.15, 0.2) is 5.78 Å². The first-order valence-corrected chi connectivity index (χ1v) is 8.99. The molecule has 2 aliphatic rings. The minimum Gasteiger partial charge on any atom is -0.312 e. The highest BCUT2D eigenvalue weighted by Gasteiger charge is 2.34. The van der Waals surface area contributed by atoms with Crippen LogP contribution in [0.4, 0.5) is 18.9 Å². The summed E-state index contributed by atoms with van der Waals surface area (Å²) < 4.78 is 39.6. The normalized spacial score (nSPS) is 15.7. The number of carbonyl (C=O) groups is 2. The maximum atomic E-state index is 13.0. The van der Waals surface area contributed by atoms with Gasteiger partial charge in [0.25, 0.3) is 5.56 Å². The van der Waals surface area contributed by atoms with Gasteiger partial charge in [0.05, 0.1) is 24.2 Å². The molecule has 9 heteroatoms. The van der Waals surface area contributed by atoms with Gasteiger partial charge >= 0.3 is 6.18 Å². The fourth-order valence-corrected chi connectivity index (χ4v) is 3.98. The SMILES string of the molecule is O=C(Cn1cc(C(F)(F)F)cc(Cl)c1=O)c1cc2c3c(c1)CC(=O)N3CCC2. The van der Waals surface area contributed by atoms with Crippen LogP contribution in [0.1, 0.15) is 33.5 Å². The number of aryl methyl sites for hydroxylation is 1. The van der Waals surface area contributed by atoms with Crippen molar-refractivity contribution in [2.24, 2.45) is 0 Å². The molecule has 2 aliphatic heterocycles. The number of ketones is 1. The summed E-state index contributed by atoms with van der Waals surface area (Å²) in [5.41, 5.74) is 0.743. The molecule has 5 nitrogen and oxygen atoms in total. The number of benzene rings is 1. The van der Waals surface area contributed by atoms with Crippen LogP contribution < -0.4 is 10.5 Å². The molecule has 1 amide bonds. The molecule has 0 fully saturated rings. The second-order valence-corrected chi connectivity index (χ2v) is 7.31. The zero-order valence-corrected chi connectivity index (χ0v) is 15.2. The van der Waals surface area contributed by atoms with E-state index in [0.29, 0.717) is 29.8 Å². The third kappa shape index (κ3) is 3.11. The number of aromatic nitrogens is 1. The summed E-state index contributed by atoms with van der Waals surface area (Å²) in [6.45, 7) is 0.0720. The number of rotatable bonds is 3. The van der Waals surface area contributed by atoms with E-state index in [4.69, 9.17) is 11.6 Å². The standard InChI is InChI=1S/C19H14ClF3N2O3/c20-14-7-13(19(21,22)23)8-24(18(14)28)9-15(26)11-4-10-2-1-3-25-16(27)6-12(5-11)17(10)25/h4-5,7-8H,1-3,6,9H2. The summed E-state index contributed by atoms with van der Waals surface area (Å²) >= 11 is 5.63. The summed E-state index contributed by atoms with van der Waals surface area (Å²) in [4.78, 5) is 38.6. The lowest BCUT2D eigenvalue weighted by molar-refractivity contribution is -0.138. The fraction of sp³-hybridized carbons (Fsp3) is 0.316. The molecule has 28 heavy (non-hydrogen) atoms. The molecular formula is C19H14ClF3N2O3. The number of nitrogens with zero attached hydrogens (tertiary/aromatic N) is 2. The Balaban J connectivity index is 1.69. The molecule has 1 aromatic carbocycles. The monoisotopic (exact) mass is 410 g/mol. The lowest BCUT2D eigenvalue weighted by atomic mass is 9.95. The minimum absolute atomic E-state index is 0.0265. The number of alkyl halides is 3. The van der Waals surface area contributed by atoms with Gasteiger partial charge in [-0.1, -0.05) is 11.6 Å². The zero-order valence-electron chi connectivity index (χ0n) is 14.5. The van der Waals surface area contributed by atoms with Gasteiger partial charge in [-0.25, -0.2) is 0 Å². The number of pyridine rings is 1. The number of hydrogen-bond donors (Lipinski definition) is 0. The number of halogens is 4. The number of Topliss-reactive ketones (excluding diaryl/α,β-unsaturated/α-hetero) is 1. The maximum Gasteiger partial charge on any atom is 0.417 e. The molecule has 4 rings (SSSR count). The molecule has 0 unspecified atom stereocenters. The highest BCUT2D eigenvalue weighted by molar-refractivity contribution is 6.30. The van der Waals surface area contributed by atoms with Crippen LogP contribution in [0.3, 0.4) is 0 Å². The molecule has 0 radical (unpaired) electrons. The van der Waals surface area contributed by atoms with Gasteiger partial charge in [-0.15, -0.1) is 0 Å². The first-order chi connectivity index (χ1) is 13.1.